The van der Waals surface area contributed by atoms with E-state index in [1.807, 2.05) is 46.0 Å². The van der Waals surface area contributed by atoms with Gasteiger partial charge >= 0.3 is 5.97 Å². The van der Waals surface area contributed by atoms with Gasteiger partial charge in [-0.25, -0.2) is 4.79 Å². The normalized spacial score (nSPS) is 20.8. The van der Waals surface area contributed by atoms with Crippen molar-refractivity contribution < 1.29 is 14.3 Å². The second-order valence-electron chi connectivity index (χ2n) is 6.56. The highest BCUT2D eigenvalue weighted by Crippen LogP contribution is 2.26. The molecule has 1 amide bonds. The van der Waals surface area contributed by atoms with Gasteiger partial charge in [-0.1, -0.05) is 12.1 Å². The van der Waals surface area contributed by atoms with Gasteiger partial charge in [0.25, 0.3) is 5.91 Å². The van der Waals surface area contributed by atoms with Gasteiger partial charge in [0.2, 0.25) is 0 Å². The largest absolute Gasteiger partial charge is 0.452 e. The van der Waals surface area contributed by atoms with Crippen LogP contribution in [0.2, 0.25) is 0 Å². The van der Waals surface area contributed by atoms with Crippen molar-refractivity contribution in [2.45, 2.75) is 45.2 Å². The van der Waals surface area contributed by atoms with Crippen molar-refractivity contribution in [1.82, 2.24) is 4.90 Å². The van der Waals surface area contributed by atoms with Crippen molar-refractivity contribution in [3.8, 4) is 0 Å². The molecule has 138 valence electrons. The van der Waals surface area contributed by atoms with Gasteiger partial charge in [0, 0.05) is 21.8 Å². The molecule has 2 aromatic rings. The molecule has 0 aromatic carbocycles. The lowest BCUT2D eigenvalue weighted by molar-refractivity contribution is -0.151. The molecule has 0 bridgehead atoms. The first-order valence-electron chi connectivity index (χ1n) is 8.83. The molecule has 1 fully saturated rings. The smallest absolute Gasteiger partial charge is 0.340 e. The molecular formula is C20H23NO3S2. The van der Waals surface area contributed by atoms with E-state index in [2.05, 4.69) is 13.8 Å². The Labute approximate surface area is 162 Å². The number of thiophene rings is 2. The van der Waals surface area contributed by atoms with E-state index in [0.29, 0.717) is 5.57 Å². The summed E-state index contributed by atoms with van der Waals surface area (Å²) >= 11 is 3.04. The Morgan fingerprint density at radius 1 is 1.15 bits per heavy atom. The highest BCUT2D eigenvalue weighted by Gasteiger charge is 2.29. The predicted octanol–water partition coefficient (Wildman–Crippen LogP) is 4.68. The molecule has 1 aliphatic heterocycles. The summed E-state index contributed by atoms with van der Waals surface area (Å²) in [5.74, 6) is -0.564. The maximum absolute atomic E-state index is 12.7. The van der Waals surface area contributed by atoms with Gasteiger partial charge in [0.1, 0.15) is 0 Å². The van der Waals surface area contributed by atoms with Crippen LogP contribution in [0.25, 0.3) is 11.6 Å². The first kappa shape index (κ1) is 18.9. The van der Waals surface area contributed by atoms with Crippen LogP contribution in [0.4, 0.5) is 0 Å². The van der Waals surface area contributed by atoms with Crippen molar-refractivity contribution in [2.24, 2.45) is 0 Å². The third-order valence-electron chi connectivity index (χ3n) is 4.64. The standard InChI is InChI=1S/C20H23NO3S2/c1-14-6-3-7-15(2)21(14)19(22)13-24-20(23)17(18-9-5-11-26-18)12-16-8-4-10-25-16/h4-5,8-12,14-15H,3,6-7,13H2,1-2H3/b17-12+/t14-,15-/m0/s1. The molecule has 4 nitrogen and oxygen atoms in total. The monoisotopic (exact) mass is 389 g/mol. The van der Waals surface area contributed by atoms with Gasteiger partial charge in [-0.3, -0.25) is 4.79 Å². The number of esters is 1. The molecule has 0 N–H and O–H groups in total. The second kappa shape index (κ2) is 8.64. The molecule has 3 rings (SSSR count). The number of ether oxygens (including phenoxy) is 1. The van der Waals surface area contributed by atoms with Crippen LogP contribution in [0.1, 0.15) is 42.9 Å². The number of amides is 1. The zero-order valence-corrected chi connectivity index (χ0v) is 16.6. The summed E-state index contributed by atoms with van der Waals surface area (Å²) in [7, 11) is 0. The van der Waals surface area contributed by atoms with Gasteiger partial charge in [-0.05, 0) is 62.1 Å². The summed E-state index contributed by atoms with van der Waals surface area (Å²) in [6.07, 6.45) is 4.97. The van der Waals surface area contributed by atoms with E-state index < -0.39 is 5.97 Å². The number of nitrogens with zero attached hydrogens (tertiary/aromatic N) is 1. The van der Waals surface area contributed by atoms with Crippen LogP contribution in [-0.2, 0) is 14.3 Å². The number of likely N-dealkylation sites (tertiary alicyclic amines) is 1. The van der Waals surface area contributed by atoms with E-state index in [0.717, 1.165) is 29.0 Å². The predicted molar refractivity (Wildman–Crippen MR) is 107 cm³/mol. The summed E-state index contributed by atoms with van der Waals surface area (Å²) in [4.78, 5) is 28.9. The summed E-state index contributed by atoms with van der Waals surface area (Å²) in [5.41, 5.74) is 0.495. The fourth-order valence-corrected chi connectivity index (χ4v) is 4.76. The Morgan fingerprint density at radius 3 is 2.46 bits per heavy atom. The minimum atomic E-state index is -0.452. The number of piperidine rings is 1. The van der Waals surface area contributed by atoms with Crippen LogP contribution in [0.3, 0.4) is 0 Å². The molecule has 26 heavy (non-hydrogen) atoms. The fraction of sp³-hybridized carbons (Fsp3) is 0.400. The summed E-state index contributed by atoms with van der Waals surface area (Å²) in [5, 5.41) is 3.89. The van der Waals surface area contributed by atoms with Gasteiger partial charge in [0.05, 0.1) is 5.57 Å². The molecule has 2 atom stereocenters. The third kappa shape index (κ3) is 4.43. The summed E-state index contributed by atoms with van der Waals surface area (Å²) < 4.78 is 5.40. The molecule has 0 unspecified atom stereocenters. The van der Waals surface area contributed by atoms with Crippen LogP contribution in [0.5, 0.6) is 0 Å². The lowest BCUT2D eigenvalue weighted by Gasteiger charge is -2.38. The average Bonchev–Trinajstić information content (AvgIpc) is 3.31. The van der Waals surface area contributed by atoms with Crippen molar-refractivity contribution in [2.75, 3.05) is 6.61 Å². The summed E-state index contributed by atoms with van der Waals surface area (Å²) in [6.45, 7) is 3.91. The fourth-order valence-electron chi connectivity index (χ4n) is 3.37. The number of carbonyl (C=O) groups excluding carboxylic acids is 2. The highest BCUT2D eigenvalue weighted by atomic mass is 32.1. The van der Waals surface area contributed by atoms with Crippen molar-refractivity contribution in [3.05, 3.63) is 44.8 Å². The Morgan fingerprint density at radius 2 is 1.85 bits per heavy atom. The molecule has 0 aliphatic carbocycles. The average molecular weight is 390 g/mol. The van der Waals surface area contributed by atoms with E-state index >= 15 is 0 Å². The van der Waals surface area contributed by atoms with Crippen LogP contribution >= 0.6 is 22.7 Å². The minimum Gasteiger partial charge on any atom is -0.452 e. The van der Waals surface area contributed by atoms with Crippen LogP contribution in [-0.4, -0.2) is 35.5 Å². The zero-order valence-electron chi connectivity index (χ0n) is 15.0. The van der Waals surface area contributed by atoms with E-state index in [1.165, 1.54) is 11.3 Å². The SMILES string of the molecule is C[C@H]1CCC[C@H](C)N1C(=O)COC(=O)/C(=C/c1cccs1)c1cccs1. The van der Waals surface area contributed by atoms with Crippen molar-refractivity contribution in [3.63, 3.8) is 0 Å². The lowest BCUT2D eigenvalue weighted by atomic mass is 9.97. The van der Waals surface area contributed by atoms with Crippen LogP contribution < -0.4 is 0 Å². The first-order valence-corrected chi connectivity index (χ1v) is 10.6. The number of hydrogen-bond donors (Lipinski definition) is 0. The molecule has 0 spiro atoms. The molecule has 6 heteroatoms. The van der Waals surface area contributed by atoms with Gasteiger partial charge in [-0.2, -0.15) is 0 Å². The maximum atomic E-state index is 12.7. The van der Waals surface area contributed by atoms with E-state index in [-0.39, 0.29) is 24.6 Å². The van der Waals surface area contributed by atoms with Crippen molar-refractivity contribution in [1.29, 1.82) is 0 Å². The van der Waals surface area contributed by atoms with Crippen molar-refractivity contribution >= 4 is 46.2 Å². The molecule has 0 radical (unpaired) electrons. The second-order valence-corrected chi connectivity index (χ2v) is 8.48. The Kier molecular flexibility index (Phi) is 6.27. The topological polar surface area (TPSA) is 46.6 Å². The summed E-state index contributed by atoms with van der Waals surface area (Å²) in [6, 6.07) is 8.08. The Bertz CT molecular complexity index is 755. The van der Waals surface area contributed by atoms with Gasteiger partial charge in [-0.15, -0.1) is 22.7 Å². The zero-order chi connectivity index (χ0) is 18.5. The van der Waals surface area contributed by atoms with Crippen LogP contribution in [0.15, 0.2) is 35.0 Å². The molecule has 1 aliphatic rings. The van der Waals surface area contributed by atoms with Crippen LogP contribution in [0, 0.1) is 0 Å². The first-order chi connectivity index (χ1) is 12.6. The molecule has 0 saturated carbocycles. The Balaban J connectivity index is 1.69. The number of rotatable bonds is 5. The molecular weight excluding hydrogens is 366 g/mol. The molecule has 2 aromatic heterocycles. The number of hydrogen-bond acceptors (Lipinski definition) is 5. The third-order valence-corrected chi connectivity index (χ3v) is 6.37. The maximum Gasteiger partial charge on any atom is 0.340 e. The minimum absolute atomic E-state index is 0.111. The number of carbonyl (C=O) groups is 2. The molecule has 3 heterocycles. The van der Waals surface area contributed by atoms with Gasteiger partial charge < -0.3 is 9.64 Å². The van der Waals surface area contributed by atoms with Gasteiger partial charge in [0.15, 0.2) is 6.61 Å². The highest BCUT2D eigenvalue weighted by molar-refractivity contribution is 7.12. The van der Waals surface area contributed by atoms with E-state index in [4.69, 9.17) is 4.74 Å². The van der Waals surface area contributed by atoms with E-state index in [1.54, 1.807) is 11.3 Å². The lowest BCUT2D eigenvalue weighted by Crippen LogP contribution is -2.49. The Hall–Kier alpha value is -1.92. The van der Waals surface area contributed by atoms with E-state index in [9.17, 15) is 9.59 Å². The molecule has 1 saturated heterocycles. The quantitative estimate of drug-likeness (QED) is 0.551.